The lowest BCUT2D eigenvalue weighted by Gasteiger charge is -2.35. The van der Waals surface area contributed by atoms with Gasteiger partial charge in [0.05, 0.1) is 5.75 Å². The molecular formula is C36H40N4O2S. The highest BCUT2D eigenvalue weighted by atomic mass is 32.2. The van der Waals surface area contributed by atoms with Crippen LogP contribution >= 0.6 is 11.8 Å². The number of carbonyl (C=O) groups excluding carboxylic acids is 1. The molecule has 7 heteroatoms. The summed E-state index contributed by atoms with van der Waals surface area (Å²) in [5, 5.41) is 16.6. The number of amides is 1. The van der Waals surface area contributed by atoms with Gasteiger partial charge in [-0.3, -0.25) is 9.79 Å². The molecule has 3 aliphatic rings. The van der Waals surface area contributed by atoms with Gasteiger partial charge in [0.1, 0.15) is 5.75 Å². The number of carbonyl (C=O) groups is 1. The molecule has 1 saturated heterocycles. The zero-order valence-electron chi connectivity index (χ0n) is 24.9. The first-order valence-electron chi connectivity index (χ1n) is 15.3. The smallest absolute Gasteiger partial charge is 0.233 e. The molecule has 0 bridgehead atoms. The van der Waals surface area contributed by atoms with Gasteiger partial charge in [-0.2, -0.15) is 5.10 Å². The van der Waals surface area contributed by atoms with Crippen molar-refractivity contribution < 1.29 is 9.90 Å². The first kappa shape index (κ1) is 29.2. The number of piperidine rings is 1. The van der Waals surface area contributed by atoms with E-state index in [9.17, 15) is 9.90 Å². The van der Waals surface area contributed by atoms with E-state index in [-0.39, 0.29) is 17.7 Å². The maximum atomic E-state index is 13.1. The average Bonchev–Trinajstić information content (AvgIpc) is 3.05. The Morgan fingerprint density at radius 2 is 1.72 bits per heavy atom. The topological polar surface area (TPSA) is 68.5 Å². The van der Waals surface area contributed by atoms with Crippen LogP contribution in [0.2, 0.25) is 0 Å². The van der Waals surface area contributed by atoms with Gasteiger partial charge in [0.25, 0.3) is 0 Å². The number of hydrogen-bond acceptors (Lipinski definition) is 6. The molecule has 1 aliphatic carbocycles. The van der Waals surface area contributed by atoms with E-state index < -0.39 is 0 Å². The minimum absolute atomic E-state index is 0.142. The average molecular weight is 593 g/mol. The van der Waals surface area contributed by atoms with Gasteiger partial charge < -0.3 is 10.0 Å². The van der Waals surface area contributed by atoms with Crippen molar-refractivity contribution in [3.05, 3.63) is 113 Å². The maximum Gasteiger partial charge on any atom is 0.233 e. The van der Waals surface area contributed by atoms with Crippen molar-refractivity contribution in [3.8, 4) is 5.75 Å². The predicted molar refractivity (Wildman–Crippen MR) is 177 cm³/mol. The normalized spacial score (nSPS) is 22.6. The molecule has 1 amide bonds. The fraction of sp³-hybridized carbons (Fsp3) is 0.361. The lowest BCUT2D eigenvalue weighted by Crippen LogP contribution is -2.39. The third-order valence-electron chi connectivity index (χ3n) is 9.42. The Kier molecular flexibility index (Phi) is 8.70. The monoisotopic (exact) mass is 592 g/mol. The Balaban J connectivity index is 1.10. The number of rotatable bonds is 6. The molecule has 0 saturated carbocycles. The molecule has 3 aromatic carbocycles. The van der Waals surface area contributed by atoms with Crippen LogP contribution in [0.3, 0.4) is 0 Å². The summed E-state index contributed by atoms with van der Waals surface area (Å²) < 4.78 is 0. The number of likely N-dealkylation sites (tertiary alicyclic amines) is 1. The number of aromatic hydroxyl groups is 1. The fourth-order valence-corrected chi connectivity index (χ4v) is 7.81. The second kappa shape index (κ2) is 12.8. The zero-order chi connectivity index (χ0) is 29.9. The van der Waals surface area contributed by atoms with E-state index in [0.29, 0.717) is 35.1 Å². The van der Waals surface area contributed by atoms with Crippen molar-refractivity contribution >= 4 is 29.6 Å². The molecule has 6 nitrogen and oxygen atoms in total. The van der Waals surface area contributed by atoms with Crippen LogP contribution in [0, 0.1) is 5.92 Å². The number of hydrogen-bond donors (Lipinski definition) is 1. The summed E-state index contributed by atoms with van der Waals surface area (Å²) in [5.41, 5.74) is 7.48. The Morgan fingerprint density at radius 1 is 1.00 bits per heavy atom. The first-order chi connectivity index (χ1) is 20.9. The Labute approximate surface area is 259 Å². The summed E-state index contributed by atoms with van der Waals surface area (Å²) in [6.07, 6.45) is 3.95. The van der Waals surface area contributed by atoms with Crippen LogP contribution in [0.15, 0.2) is 95.2 Å². The van der Waals surface area contributed by atoms with Crippen LogP contribution in [0.4, 0.5) is 0 Å². The quantitative estimate of drug-likeness (QED) is 0.309. The molecule has 3 aromatic rings. The maximum absolute atomic E-state index is 13.1. The van der Waals surface area contributed by atoms with Gasteiger partial charge in [-0.05, 0) is 77.5 Å². The lowest BCUT2D eigenvalue weighted by atomic mass is 9.69. The molecule has 3 unspecified atom stereocenters. The number of aliphatic imine (C=N–C) groups is 1. The number of hydrazone groups is 1. The number of thioether (sulfide) groups is 1. The van der Waals surface area contributed by atoms with Crippen LogP contribution < -0.4 is 0 Å². The standard InChI is InChI=1S/C36H40N4O2S/c1-24-22-38-36(40(37-3)25(24)2)43-23-34(42)39-19-17-27(18-20-39)26-9-11-29(12-10-26)35-32(28-7-5-4-6-8-28)15-13-30-21-31(41)14-16-33(30)35/h4-12,14,16,21,24,27,32,35,41H,2-3,13,15,17-20,22-23H2,1H3. The van der Waals surface area contributed by atoms with Crippen molar-refractivity contribution in [2.75, 3.05) is 25.4 Å². The van der Waals surface area contributed by atoms with Crippen molar-refractivity contribution in [1.29, 1.82) is 0 Å². The minimum Gasteiger partial charge on any atom is -0.508 e. The second-order valence-electron chi connectivity index (χ2n) is 12.0. The molecular weight excluding hydrogens is 552 g/mol. The van der Waals surface area contributed by atoms with Crippen LogP contribution in [0.1, 0.15) is 71.8 Å². The molecule has 3 atom stereocenters. The fourth-order valence-electron chi connectivity index (χ4n) is 6.91. The zero-order valence-corrected chi connectivity index (χ0v) is 25.7. The predicted octanol–water partition coefficient (Wildman–Crippen LogP) is 7.13. The molecule has 0 aromatic heterocycles. The number of aryl methyl sites for hydroxylation is 1. The van der Waals surface area contributed by atoms with E-state index in [1.165, 1.54) is 39.6 Å². The Morgan fingerprint density at radius 3 is 2.44 bits per heavy atom. The molecule has 6 rings (SSSR count). The molecule has 43 heavy (non-hydrogen) atoms. The summed E-state index contributed by atoms with van der Waals surface area (Å²) in [5.74, 6) is 2.13. The number of phenolic OH excluding ortho intramolecular Hbond substituents is 1. The molecule has 222 valence electrons. The number of amidine groups is 1. The van der Waals surface area contributed by atoms with Crippen molar-refractivity contribution in [2.24, 2.45) is 16.0 Å². The molecule has 2 aliphatic heterocycles. The van der Waals surface area contributed by atoms with E-state index in [0.717, 1.165) is 44.5 Å². The summed E-state index contributed by atoms with van der Waals surface area (Å²) in [4.78, 5) is 19.6. The molecule has 0 spiro atoms. The summed E-state index contributed by atoms with van der Waals surface area (Å²) in [6.45, 7) is 12.0. The summed E-state index contributed by atoms with van der Waals surface area (Å²) >= 11 is 1.42. The number of benzene rings is 3. The van der Waals surface area contributed by atoms with Gasteiger partial charge in [0.2, 0.25) is 5.91 Å². The van der Waals surface area contributed by atoms with Crippen LogP contribution in [-0.2, 0) is 11.2 Å². The van der Waals surface area contributed by atoms with Gasteiger partial charge in [-0.1, -0.05) is 85.9 Å². The highest BCUT2D eigenvalue weighted by Crippen LogP contribution is 2.47. The van der Waals surface area contributed by atoms with Crippen LogP contribution in [0.25, 0.3) is 0 Å². The Bertz CT molecular complexity index is 1510. The largest absolute Gasteiger partial charge is 0.508 e. The Hall–Kier alpha value is -3.84. The molecule has 1 N–H and O–H groups in total. The number of nitrogens with zero attached hydrogens (tertiary/aromatic N) is 4. The van der Waals surface area contributed by atoms with E-state index >= 15 is 0 Å². The van der Waals surface area contributed by atoms with Crippen molar-refractivity contribution in [3.63, 3.8) is 0 Å². The van der Waals surface area contributed by atoms with Gasteiger partial charge >= 0.3 is 0 Å². The van der Waals surface area contributed by atoms with Gasteiger partial charge in [0, 0.05) is 43.9 Å². The van der Waals surface area contributed by atoms with Crippen LogP contribution in [0.5, 0.6) is 5.75 Å². The van der Waals surface area contributed by atoms with E-state index in [2.05, 4.69) is 91.0 Å². The third kappa shape index (κ3) is 6.14. The van der Waals surface area contributed by atoms with E-state index in [1.54, 1.807) is 5.01 Å². The third-order valence-corrected chi connectivity index (χ3v) is 10.4. The SMILES string of the molecule is C=NN1C(=C)C(C)CN=C1SCC(=O)N1CCC(c2ccc(C3c4ccc(O)cc4CCC3c3ccccc3)cc2)CC1. The molecule has 0 radical (unpaired) electrons. The van der Waals surface area contributed by atoms with E-state index in [4.69, 9.17) is 0 Å². The highest BCUT2D eigenvalue weighted by molar-refractivity contribution is 8.14. The second-order valence-corrected chi connectivity index (χ2v) is 12.9. The number of fused-ring (bicyclic) bond motifs is 1. The van der Waals surface area contributed by atoms with Gasteiger partial charge in [0.15, 0.2) is 5.17 Å². The van der Waals surface area contributed by atoms with E-state index in [1.807, 2.05) is 17.0 Å². The first-order valence-corrected chi connectivity index (χ1v) is 16.3. The summed E-state index contributed by atoms with van der Waals surface area (Å²) in [6, 6.07) is 25.9. The van der Waals surface area contributed by atoms with Crippen molar-refractivity contribution in [2.45, 2.75) is 50.4 Å². The van der Waals surface area contributed by atoms with Crippen molar-refractivity contribution in [1.82, 2.24) is 9.91 Å². The minimum atomic E-state index is 0.142. The highest BCUT2D eigenvalue weighted by Gasteiger charge is 2.33. The summed E-state index contributed by atoms with van der Waals surface area (Å²) in [7, 11) is 0. The van der Waals surface area contributed by atoms with Gasteiger partial charge in [-0.25, -0.2) is 5.01 Å². The number of phenols is 1. The lowest BCUT2D eigenvalue weighted by molar-refractivity contribution is -0.129. The van der Waals surface area contributed by atoms with Gasteiger partial charge in [-0.15, -0.1) is 0 Å². The molecule has 2 heterocycles. The molecule has 1 fully saturated rings. The van der Waals surface area contributed by atoms with Crippen LogP contribution in [-0.4, -0.2) is 58.2 Å².